The first-order valence-corrected chi connectivity index (χ1v) is 7.34. The second-order valence-corrected chi connectivity index (χ2v) is 5.93. The van der Waals surface area contributed by atoms with Gasteiger partial charge in [-0.1, -0.05) is 18.2 Å². The Morgan fingerprint density at radius 1 is 0.909 bits per heavy atom. The number of nitrogens with zero attached hydrogens (tertiary/aromatic N) is 3. The van der Waals surface area contributed by atoms with Gasteiger partial charge in [0.2, 0.25) is 0 Å². The fourth-order valence-electron chi connectivity index (χ4n) is 3.02. The van der Waals surface area contributed by atoms with Crippen LogP contribution in [0.4, 0.5) is 11.4 Å². The first kappa shape index (κ1) is 14.6. The average Bonchev–Trinajstić information content (AvgIpc) is 2.50. The third kappa shape index (κ3) is 2.25. The third-order valence-electron chi connectivity index (χ3n) is 3.91. The molecule has 0 radical (unpaired) electrons. The Labute approximate surface area is 130 Å². The molecule has 1 heterocycles. The van der Waals surface area contributed by atoms with Crippen molar-refractivity contribution in [1.29, 1.82) is 0 Å². The van der Waals surface area contributed by atoms with Crippen molar-refractivity contribution in [2.24, 2.45) is 0 Å². The summed E-state index contributed by atoms with van der Waals surface area (Å²) in [5, 5.41) is 12.0. The van der Waals surface area contributed by atoms with Crippen LogP contribution in [0.15, 0.2) is 36.4 Å². The van der Waals surface area contributed by atoms with Gasteiger partial charge in [0.25, 0.3) is 0 Å². The zero-order valence-electron chi connectivity index (χ0n) is 13.5. The van der Waals surface area contributed by atoms with Crippen molar-refractivity contribution >= 4 is 33.2 Å². The number of aliphatic hydroxyl groups is 1. The van der Waals surface area contributed by atoms with Crippen LogP contribution in [0.5, 0.6) is 0 Å². The highest BCUT2D eigenvalue weighted by Crippen LogP contribution is 2.39. The number of para-hydroxylation sites is 1. The minimum Gasteiger partial charge on any atom is -0.392 e. The van der Waals surface area contributed by atoms with Crippen molar-refractivity contribution in [1.82, 2.24) is 4.98 Å². The Morgan fingerprint density at radius 2 is 1.59 bits per heavy atom. The van der Waals surface area contributed by atoms with E-state index in [1.807, 2.05) is 52.5 Å². The topological polar surface area (TPSA) is 39.6 Å². The number of rotatable bonds is 3. The van der Waals surface area contributed by atoms with Crippen LogP contribution >= 0.6 is 0 Å². The maximum absolute atomic E-state index is 9.77. The van der Waals surface area contributed by atoms with Crippen LogP contribution in [0, 0.1) is 0 Å². The maximum Gasteiger partial charge on any atom is 0.0735 e. The van der Waals surface area contributed by atoms with Crippen molar-refractivity contribution < 1.29 is 5.11 Å². The lowest BCUT2D eigenvalue weighted by Gasteiger charge is -2.27. The molecule has 0 spiro atoms. The first-order valence-electron chi connectivity index (χ1n) is 7.34. The molecule has 0 fully saturated rings. The van der Waals surface area contributed by atoms with E-state index in [9.17, 15) is 5.11 Å². The molecule has 0 aliphatic rings. The van der Waals surface area contributed by atoms with E-state index in [0.717, 1.165) is 38.7 Å². The van der Waals surface area contributed by atoms with E-state index in [1.54, 1.807) is 0 Å². The lowest BCUT2D eigenvalue weighted by Crippen LogP contribution is -2.19. The second-order valence-electron chi connectivity index (χ2n) is 5.93. The SMILES string of the molecule is CN(C)c1c(CO)cc2nc3ccccc3cc2c1N(C)C. The molecular weight excluding hydrogens is 274 g/mol. The Hall–Kier alpha value is -2.33. The summed E-state index contributed by atoms with van der Waals surface area (Å²) in [4.78, 5) is 8.92. The molecule has 4 heteroatoms. The van der Waals surface area contributed by atoms with Gasteiger partial charge >= 0.3 is 0 Å². The van der Waals surface area contributed by atoms with Gasteiger partial charge in [-0.05, 0) is 18.2 Å². The Bertz CT molecular complexity index is 840. The lowest BCUT2D eigenvalue weighted by molar-refractivity contribution is 0.282. The molecule has 0 saturated heterocycles. The summed E-state index contributed by atoms with van der Waals surface area (Å²) in [7, 11) is 8.06. The van der Waals surface area contributed by atoms with Gasteiger partial charge in [-0.3, -0.25) is 0 Å². The van der Waals surface area contributed by atoms with E-state index >= 15 is 0 Å². The smallest absolute Gasteiger partial charge is 0.0735 e. The predicted octanol–water partition coefficient (Wildman–Crippen LogP) is 3.01. The van der Waals surface area contributed by atoms with Gasteiger partial charge in [-0.15, -0.1) is 0 Å². The normalized spacial score (nSPS) is 11.1. The minimum atomic E-state index is -0.00119. The fourth-order valence-corrected chi connectivity index (χ4v) is 3.02. The number of hydrogen-bond donors (Lipinski definition) is 1. The van der Waals surface area contributed by atoms with Gasteiger partial charge in [0.15, 0.2) is 0 Å². The molecule has 0 amide bonds. The molecule has 0 unspecified atom stereocenters. The van der Waals surface area contributed by atoms with Crippen molar-refractivity contribution in [2.75, 3.05) is 38.0 Å². The summed E-state index contributed by atoms with van der Waals surface area (Å²) in [5.74, 6) is 0. The standard InChI is InChI=1S/C18H21N3O/c1-20(2)17-13(11-22)10-16-14(18(17)21(3)4)9-12-7-5-6-8-15(12)19-16/h5-10,22H,11H2,1-4H3. The van der Waals surface area contributed by atoms with Crippen molar-refractivity contribution in [3.63, 3.8) is 0 Å². The van der Waals surface area contributed by atoms with E-state index in [0.29, 0.717) is 0 Å². The van der Waals surface area contributed by atoms with Gasteiger partial charge in [0, 0.05) is 44.5 Å². The fraction of sp³-hybridized carbons (Fsp3) is 0.278. The zero-order valence-corrected chi connectivity index (χ0v) is 13.5. The molecule has 0 saturated carbocycles. The number of benzene rings is 2. The van der Waals surface area contributed by atoms with Crippen molar-refractivity contribution in [2.45, 2.75) is 6.61 Å². The van der Waals surface area contributed by atoms with Crippen LogP contribution in [0.2, 0.25) is 0 Å². The molecule has 0 atom stereocenters. The summed E-state index contributed by atoms with van der Waals surface area (Å²) in [6.07, 6.45) is 0. The minimum absolute atomic E-state index is 0.00119. The largest absolute Gasteiger partial charge is 0.392 e. The summed E-state index contributed by atoms with van der Waals surface area (Å²) >= 11 is 0. The molecule has 22 heavy (non-hydrogen) atoms. The quantitative estimate of drug-likeness (QED) is 0.754. The number of fused-ring (bicyclic) bond motifs is 2. The van der Waals surface area contributed by atoms with Crippen LogP contribution in [-0.4, -0.2) is 38.3 Å². The lowest BCUT2D eigenvalue weighted by atomic mass is 10.0. The van der Waals surface area contributed by atoms with Crippen molar-refractivity contribution in [3.8, 4) is 0 Å². The van der Waals surface area contributed by atoms with E-state index in [1.165, 1.54) is 0 Å². The number of aromatic nitrogens is 1. The highest BCUT2D eigenvalue weighted by Gasteiger charge is 2.17. The second kappa shape index (κ2) is 5.46. The van der Waals surface area contributed by atoms with Gasteiger partial charge in [-0.25, -0.2) is 4.98 Å². The molecule has 114 valence electrons. The van der Waals surface area contributed by atoms with Crippen LogP contribution in [0.1, 0.15) is 5.56 Å². The number of hydrogen-bond acceptors (Lipinski definition) is 4. The first-order chi connectivity index (χ1) is 10.5. The van der Waals surface area contributed by atoms with Crippen LogP contribution < -0.4 is 9.80 Å². The molecule has 2 aromatic carbocycles. The summed E-state index contributed by atoms with van der Waals surface area (Å²) < 4.78 is 0. The molecule has 3 aromatic rings. The molecular formula is C18H21N3O. The highest BCUT2D eigenvalue weighted by atomic mass is 16.3. The molecule has 1 aromatic heterocycles. The van der Waals surface area contributed by atoms with Crippen LogP contribution in [-0.2, 0) is 6.61 Å². The molecule has 0 bridgehead atoms. The maximum atomic E-state index is 9.77. The predicted molar refractivity (Wildman–Crippen MR) is 93.8 cm³/mol. The van der Waals surface area contributed by atoms with E-state index < -0.39 is 0 Å². The van der Waals surface area contributed by atoms with Gasteiger partial charge in [-0.2, -0.15) is 0 Å². The van der Waals surface area contributed by atoms with Gasteiger partial charge in [0.1, 0.15) is 0 Å². The third-order valence-corrected chi connectivity index (χ3v) is 3.91. The number of aliphatic hydroxyl groups excluding tert-OH is 1. The van der Waals surface area contributed by atoms with E-state index in [4.69, 9.17) is 4.98 Å². The zero-order chi connectivity index (χ0) is 15.9. The molecule has 0 aliphatic carbocycles. The molecule has 0 aliphatic heterocycles. The van der Waals surface area contributed by atoms with Gasteiger partial charge < -0.3 is 14.9 Å². The summed E-state index contributed by atoms with van der Waals surface area (Å²) in [5.41, 5.74) is 4.91. The van der Waals surface area contributed by atoms with Crippen LogP contribution in [0.25, 0.3) is 21.8 Å². The van der Waals surface area contributed by atoms with Crippen molar-refractivity contribution in [3.05, 3.63) is 42.0 Å². The summed E-state index contributed by atoms with van der Waals surface area (Å²) in [6.45, 7) is -0.00119. The Kier molecular flexibility index (Phi) is 3.62. The summed E-state index contributed by atoms with van der Waals surface area (Å²) in [6, 6.07) is 12.3. The molecule has 3 rings (SSSR count). The number of anilines is 2. The Morgan fingerprint density at radius 3 is 2.23 bits per heavy atom. The molecule has 1 N–H and O–H groups in total. The monoisotopic (exact) mass is 295 g/mol. The molecule has 4 nitrogen and oxygen atoms in total. The highest BCUT2D eigenvalue weighted by molar-refractivity contribution is 6.05. The van der Waals surface area contributed by atoms with Gasteiger partial charge in [0.05, 0.1) is 29.0 Å². The number of pyridine rings is 1. The average molecular weight is 295 g/mol. The van der Waals surface area contributed by atoms with E-state index in [-0.39, 0.29) is 6.61 Å². The van der Waals surface area contributed by atoms with E-state index in [2.05, 4.69) is 21.9 Å². The Balaban J connectivity index is 2.48. The van der Waals surface area contributed by atoms with Crippen LogP contribution in [0.3, 0.4) is 0 Å².